The predicted molar refractivity (Wildman–Crippen MR) is 95.6 cm³/mol. The zero-order chi connectivity index (χ0) is 19.8. The van der Waals surface area contributed by atoms with E-state index in [1.54, 1.807) is 30.3 Å². The molecule has 4 rings (SSSR count). The molecule has 0 spiro atoms. The summed E-state index contributed by atoms with van der Waals surface area (Å²) in [6.45, 7) is -0.492. The van der Waals surface area contributed by atoms with Gasteiger partial charge in [-0.25, -0.2) is 4.98 Å². The summed E-state index contributed by atoms with van der Waals surface area (Å²) in [5, 5.41) is 31.9. The SMILES string of the molecule is O=C(Nc1nc2c(ncn2[C@H]2O[C@@H](CO)C(O)C2O)c(=O)[nH]1)c1ccccc1. The number of imidazole rings is 1. The van der Waals surface area contributed by atoms with Crippen molar-refractivity contribution in [2.75, 3.05) is 11.9 Å². The van der Waals surface area contributed by atoms with Gasteiger partial charge in [0, 0.05) is 5.56 Å². The van der Waals surface area contributed by atoms with E-state index in [0.717, 1.165) is 0 Å². The number of ether oxygens (including phenoxy) is 1. The van der Waals surface area contributed by atoms with Crippen molar-refractivity contribution < 1.29 is 24.9 Å². The third-order valence-corrected chi connectivity index (χ3v) is 4.49. The number of hydrogen-bond donors (Lipinski definition) is 5. The van der Waals surface area contributed by atoms with Crippen LogP contribution in [0.5, 0.6) is 0 Å². The molecule has 0 saturated carbocycles. The lowest BCUT2D eigenvalue weighted by Gasteiger charge is -2.16. The van der Waals surface area contributed by atoms with Crippen molar-refractivity contribution in [1.82, 2.24) is 19.5 Å². The summed E-state index contributed by atoms with van der Waals surface area (Å²) in [6.07, 6.45) is -3.54. The van der Waals surface area contributed by atoms with Crippen molar-refractivity contribution in [2.24, 2.45) is 0 Å². The molecule has 1 aliphatic rings. The van der Waals surface area contributed by atoms with E-state index in [1.807, 2.05) is 0 Å². The third kappa shape index (κ3) is 3.05. The summed E-state index contributed by atoms with van der Waals surface area (Å²) in [7, 11) is 0. The second kappa shape index (κ2) is 7.13. The molecule has 3 aromatic rings. The van der Waals surface area contributed by atoms with Gasteiger partial charge in [-0.3, -0.25) is 24.5 Å². The number of aliphatic hydroxyl groups excluding tert-OH is 3. The predicted octanol–water partition coefficient (Wildman–Crippen LogP) is -1.02. The smallest absolute Gasteiger partial charge is 0.280 e. The largest absolute Gasteiger partial charge is 0.394 e. The fourth-order valence-electron chi connectivity index (χ4n) is 3.05. The Labute approximate surface area is 157 Å². The van der Waals surface area contributed by atoms with Crippen LogP contribution in [0, 0.1) is 0 Å². The monoisotopic (exact) mass is 387 g/mol. The van der Waals surface area contributed by atoms with Gasteiger partial charge >= 0.3 is 0 Å². The molecule has 11 heteroatoms. The van der Waals surface area contributed by atoms with E-state index in [-0.39, 0.29) is 17.1 Å². The van der Waals surface area contributed by atoms with Crippen LogP contribution in [-0.4, -0.2) is 65.7 Å². The highest BCUT2D eigenvalue weighted by atomic mass is 16.6. The molecule has 4 atom stereocenters. The van der Waals surface area contributed by atoms with Gasteiger partial charge in [0.25, 0.3) is 11.5 Å². The first kappa shape index (κ1) is 18.3. The molecule has 0 aliphatic carbocycles. The van der Waals surface area contributed by atoms with E-state index in [4.69, 9.17) is 4.74 Å². The van der Waals surface area contributed by atoms with E-state index in [1.165, 1.54) is 10.9 Å². The second-order valence-corrected chi connectivity index (χ2v) is 6.29. The number of aromatic amines is 1. The van der Waals surface area contributed by atoms with Crippen LogP contribution in [0.3, 0.4) is 0 Å². The lowest BCUT2D eigenvalue weighted by Crippen LogP contribution is -2.33. The summed E-state index contributed by atoms with van der Waals surface area (Å²) >= 11 is 0. The van der Waals surface area contributed by atoms with Crippen molar-refractivity contribution in [3.05, 3.63) is 52.6 Å². The number of aliphatic hydroxyl groups is 3. The van der Waals surface area contributed by atoms with E-state index in [9.17, 15) is 24.9 Å². The van der Waals surface area contributed by atoms with Gasteiger partial charge in [0.05, 0.1) is 12.9 Å². The van der Waals surface area contributed by atoms with E-state index >= 15 is 0 Å². The van der Waals surface area contributed by atoms with Crippen molar-refractivity contribution in [3.8, 4) is 0 Å². The summed E-state index contributed by atoms with van der Waals surface area (Å²) in [5.74, 6) is -0.582. The molecule has 3 heterocycles. The number of aromatic nitrogens is 4. The molecule has 1 aromatic carbocycles. The Balaban J connectivity index is 1.69. The molecule has 1 amide bonds. The average molecular weight is 387 g/mol. The standard InChI is InChI=1S/C17H17N5O6/c23-6-9-11(24)12(25)16(28-9)22-7-18-10-13(22)19-17(21-15(10)27)20-14(26)8-4-2-1-3-5-8/h1-5,7,9,11-12,16,23-25H,6H2,(H2,19,20,21,26,27)/t9-,11?,12?,16-/m0/s1. The van der Waals surface area contributed by atoms with E-state index < -0.39 is 42.6 Å². The van der Waals surface area contributed by atoms with Crippen LogP contribution in [0.15, 0.2) is 41.5 Å². The summed E-state index contributed by atoms with van der Waals surface area (Å²) in [5.41, 5.74) is -0.210. The van der Waals surface area contributed by atoms with Gasteiger partial charge in [-0.05, 0) is 12.1 Å². The van der Waals surface area contributed by atoms with Gasteiger partial charge in [0.2, 0.25) is 5.95 Å². The van der Waals surface area contributed by atoms with Crippen LogP contribution in [-0.2, 0) is 4.74 Å². The first-order chi connectivity index (χ1) is 13.5. The van der Waals surface area contributed by atoms with E-state index in [0.29, 0.717) is 5.56 Å². The van der Waals surface area contributed by atoms with Crippen LogP contribution >= 0.6 is 0 Å². The molecule has 1 saturated heterocycles. The Morgan fingerprint density at radius 2 is 2.00 bits per heavy atom. The van der Waals surface area contributed by atoms with Gasteiger partial charge in [-0.1, -0.05) is 18.2 Å². The number of anilines is 1. The lowest BCUT2D eigenvalue weighted by atomic mass is 10.1. The Morgan fingerprint density at radius 1 is 1.25 bits per heavy atom. The fraction of sp³-hybridized carbons (Fsp3) is 0.294. The molecule has 0 bridgehead atoms. The minimum Gasteiger partial charge on any atom is -0.394 e. The second-order valence-electron chi connectivity index (χ2n) is 6.29. The summed E-state index contributed by atoms with van der Waals surface area (Å²) in [6, 6.07) is 8.38. The number of amides is 1. The van der Waals surface area contributed by atoms with Gasteiger partial charge in [0.15, 0.2) is 17.4 Å². The van der Waals surface area contributed by atoms with E-state index in [2.05, 4.69) is 20.3 Å². The molecule has 2 aromatic heterocycles. The normalized spacial score (nSPS) is 24.5. The first-order valence-electron chi connectivity index (χ1n) is 8.45. The molecule has 146 valence electrons. The molecule has 0 radical (unpaired) electrons. The van der Waals surface area contributed by atoms with Crippen LogP contribution in [0.2, 0.25) is 0 Å². The quantitative estimate of drug-likeness (QED) is 0.380. The number of carbonyl (C=O) groups is 1. The highest BCUT2D eigenvalue weighted by Crippen LogP contribution is 2.30. The number of carbonyl (C=O) groups excluding carboxylic acids is 1. The van der Waals surface area contributed by atoms with Crippen molar-refractivity contribution in [2.45, 2.75) is 24.5 Å². The van der Waals surface area contributed by atoms with Gasteiger partial charge < -0.3 is 20.1 Å². The maximum atomic E-state index is 12.3. The number of rotatable bonds is 4. The minimum absolute atomic E-state index is 0.0320. The van der Waals surface area contributed by atoms with Crippen molar-refractivity contribution in [1.29, 1.82) is 0 Å². The maximum absolute atomic E-state index is 12.3. The third-order valence-electron chi connectivity index (χ3n) is 4.49. The number of H-pyrrole nitrogens is 1. The van der Waals surface area contributed by atoms with Crippen LogP contribution in [0.1, 0.15) is 16.6 Å². The highest BCUT2D eigenvalue weighted by Gasteiger charge is 2.44. The fourth-order valence-corrected chi connectivity index (χ4v) is 3.05. The summed E-state index contributed by atoms with van der Waals surface area (Å²) in [4.78, 5) is 35.2. The number of nitrogens with one attached hydrogen (secondary N) is 2. The van der Waals surface area contributed by atoms with Gasteiger partial charge in [-0.15, -0.1) is 0 Å². The highest BCUT2D eigenvalue weighted by molar-refractivity contribution is 6.03. The first-order valence-corrected chi connectivity index (χ1v) is 8.45. The molecule has 5 N–H and O–H groups in total. The molecule has 28 heavy (non-hydrogen) atoms. The number of nitrogens with zero attached hydrogens (tertiary/aromatic N) is 3. The Hall–Kier alpha value is -3.12. The summed E-state index contributed by atoms with van der Waals surface area (Å²) < 4.78 is 6.72. The minimum atomic E-state index is -1.36. The number of benzene rings is 1. The van der Waals surface area contributed by atoms with Crippen molar-refractivity contribution in [3.63, 3.8) is 0 Å². The Bertz CT molecular complexity index is 1060. The van der Waals surface area contributed by atoms with Gasteiger partial charge in [-0.2, -0.15) is 4.98 Å². The maximum Gasteiger partial charge on any atom is 0.280 e. The Kier molecular flexibility index (Phi) is 4.65. The molecule has 1 fully saturated rings. The zero-order valence-corrected chi connectivity index (χ0v) is 14.4. The van der Waals surface area contributed by atoms with Crippen LogP contribution < -0.4 is 10.9 Å². The van der Waals surface area contributed by atoms with Gasteiger partial charge in [0.1, 0.15) is 18.3 Å². The van der Waals surface area contributed by atoms with Crippen LogP contribution in [0.4, 0.5) is 5.95 Å². The number of fused-ring (bicyclic) bond motifs is 1. The van der Waals surface area contributed by atoms with Crippen LogP contribution in [0.25, 0.3) is 11.2 Å². The van der Waals surface area contributed by atoms with Crippen molar-refractivity contribution >= 4 is 23.0 Å². The molecule has 2 unspecified atom stereocenters. The molecular formula is C17H17N5O6. The zero-order valence-electron chi connectivity index (χ0n) is 14.4. The lowest BCUT2D eigenvalue weighted by molar-refractivity contribution is -0.0511. The number of hydrogen-bond acceptors (Lipinski definition) is 8. The molecule has 11 nitrogen and oxygen atoms in total. The Morgan fingerprint density at radius 3 is 2.68 bits per heavy atom. The molecule has 1 aliphatic heterocycles. The molecular weight excluding hydrogens is 370 g/mol. The average Bonchev–Trinajstić information content (AvgIpc) is 3.24. The topological polar surface area (TPSA) is 163 Å².